The molecule has 0 aromatic heterocycles. The van der Waals surface area contributed by atoms with Crippen LogP contribution in [0.4, 0.5) is 5.69 Å². The zero-order valence-corrected chi connectivity index (χ0v) is 14.0. The highest BCUT2D eigenvalue weighted by atomic mass is 16.6. The lowest BCUT2D eigenvalue weighted by Gasteiger charge is -2.16. The van der Waals surface area contributed by atoms with E-state index in [-0.39, 0.29) is 12.1 Å². The Morgan fingerprint density at radius 1 is 1.12 bits per heavy atom. The average molecular weight is 341 g/mol. The van der Waals surface area contributed by atoms with E-state index in [1.165, 1.54) is 24.3 Å². The quantitative estimate of drug-likeness (QED) is 0.618. The molecule has 0 unspecified atom stereocenters. The highest BCUT2D eigenvalue weighted by Gasteiger charge is 2.20. The summed E-state index contributed by atoms with van der Waals surface area (Å²) in [4.78, 5) is 34.2. The van der Waals surface area contributed by atoms with E-state index in [9.17, 15) is 19.7 Å². The first-order valence-corrected chi connectivity index (χ1v) is 7.68. The van der Waals surface area contributed by atoms with Gasteiger partial charge in [0.25, 0.3) is 11.6 Å². The van der Waals surface area contributed by atoms with E-state index in [1.54, 1.807) is 12.1 Å². The third-order valence-electron chi connectivity index (χ3n) is 3.72. The van der Waals surface area contributed by atoms with Gasteiger partial charge in [-0.1, -0.05) is 29.3 Å². The van der Waals surface area contributed by atoms with Gasteiger partial charge in [-0.05, 0) is 31.5 Å². The minimum absolute atomic E-state index is 0.0429. The van der Waals surface area contributed by atoms with Crippen LogP contribution < -0.4 is 11.1 Å². The van der Waals surface area contributed by atoms with Crippen LogP contribution in [0.5, 0.6) is 0 Å². The minimum Gasteiger partial charge on any atom is -0.368 e. The molecule has 0 saturated carbocycles. The highest BCUT2D eigenvalue weighted by molar-refractivity contribution is 5.97. The molecule has 0 aliphatic rings. The third-order valence-corrected chi connectivity index (χ3v) is 3.72. The zero-order valence-electron chi connectivity index (χ0n) is 14.0. The molecule has 0 aliphatic heterocycles. The molecule has 2 aromatic rings. The van der Waals surface area contributed by atoms with E-state index >= 15 is 0 Å². The molecule has 130 valence electrons. The number of aryl methyl sites for hydroxylation is 2. The van der Waals surface area contributed by atoms with Gasteiger partial charge in [-0.25, -0.2) is 0 Å². The second kappa shape index (κ2) is 7.57. The zero-order chi connectivity index (χ0) is 18.6. The molecule has 0 bridgehead atoms. The summed E-state index contributed by atoms with van der Waals surface area (Å²) < 4.78 is 0. The molecule has 0 heterocycles. The number of non-ortho nitro benzene ring substituents is 1. The molecule has 0 spiro atoms. The van der Waals surface area contributed by atoms with Crippen LogP contribution in [0.15, 0.2) is 42.5 Å². The molecule has 0 saturated heterocycles. The number of rotatable bonds is 6. The van der Waals surface area contributed by atoms with Crippen molar-refractivity contribution in [3.8, 4) is 0 Å². The maximum atomic E-state index is 12.4. The molecule has 7 heteroatoms. The van der Waals surface area contributed by atoms with Crippen molar-refractivity contribution in [1.29, 1.82) is 0 Å². The van der Waals surface area contributed by atoms with Gasteiger partial charge in [-0.2, -0.15) is 0 Å². The van der Waals surface area contributed by atoms with E-state index in [0.29, 0.717) is 11.1 Å². The summed E-state index contributed by atoms with van der Waals surface area (Å²) >= 11 is 0. The number of carbonyl (C=O) groups is 2. The Balaban J connectivity index is 2.13. The fraction of sp³-hybridized carbons (Fsp3) is 0.222. The summed E-state index contributed by atoms with van der Waals surface area (Å²) in [5.41, 5.74) is 8.34. The molecular weight excluding hydrogens is 322 g/mol. The van der Waals surface area contributed by atoms with Crippen molar-refractivity contribution in [2.45, 2.75) is 26.3 Å². The second-order valence-electron chi connectivity index (χ2n) is 5.93. The predicted molar refractivity (Wildman–Crippen MR) is 93.2 cm³/mol. The Kier molecular flexibility index (Phi) is 5.49. The van der Waals surface area contributed by atoms with Crippen molar-refractivity contribution >= 4 is 17.5 Å². The van der Waals surface area contributed by atoms with Crippen molar-refractivity contribution in [2.75, 3.05) is 0 Å². The van der Waals surface area contributed by atoms with Gasteiger partial charge in [0, 0.05) is 24.1 Å². The SMILES string of the molecule is Cc1cc(C)cc(C(=O)N[C@@H](Cc2ccc([N+](=O)[O-])cc2)C(N)=O)c1. The molecule has 7 nitrogen and oxygen atoms in total. The number of amides is 2. The van der Waals surface area contributed by atoms with Crippen LogP contribution in [0.1, 0.15) is 27.0 Å². The monoisotopic (exact) mass is 341 g/mol. The molecule has 0 radical (unpaired) electrons. The van der Waals surface area contributed by atoms with E-state index in [4.69, 9.17) is 5.73 Å². The van der Waals surface area contributed by atoms with Crippen LogP contribution >= 0.6 is 0 Å². The number of nitro groups is 1. The molecular formula is C18H19N3O4. The van der Waals surface area contributed by atoms with Crippen molar-refractivity contribution in [3.63, 3.8) is 0 Å². The molecule has 25 heavy (non-hydrogen) atoms. The van der Waals surface area contributed by atoms with Gasteiger partial charge in [0.15, 0.2) is 0 Å². The summed E-state index contributed by atoms with van der Waals surface area (Å²) in [6, 6.07) is 10.3. The smallest absolute Gasteiger partial charge is 0.269 e. The topological polar surface area (TPSA) is 115 Å². The molecule has 1 atom stereocenters. The Hall–Kier alpha value is -3.22. The van der Waals surface area contributed by atoms with E-state index in [2.05, 4.69) is 5.32 Å². The second-order valence-corrected chi connectivity index (χ2v) is 5.93. The lowest BCUT2D eigenvalue weighted by Crippen LogP contribution is -2.45. The van der Waals surface area contributed by atoms with E-state index in [1.807, 2.05) is 19.9 Å². The van der Waals surface area contributed by atoms with Crippen LogP contribution in [0.25, 0.3) is 0 Å². The molecule has 2 rings (SSSR count). The average Bonchev–Trinajstić information content (AvgIpc) is 2.53. The fourth-order valence-electron chi connectivity index (χ4n) is 2.56. The summed E-state index contributed by atoms with van der Waals surface area (Å²) in [6.45, 7) is 3.76. The summed E-state index contributed by atoms with van der Waals surface area (Å²) in [7, 11) is 0. The van der Waals surface area contributed by atoms with E-state index < -0.39 is 22.8 Å². The first-order valence-electron chi connectivity index (χ1n) is 7.68. The number of nitrogens with zero attached hydrogens (tertiary/aromatic N) is 1. The molecule has 2 amide bonds. The molecule has 2 aromatic carbocycles. The Bertz CT molecular complexity index is 795. The van der Waals surface area contributed by atoms with Crippen LogP contribution in [0, 0.1) is 24.0 Å². The number of nitrogens with two attached hydrogens (primary N) is 1. The maximum absolute atomic E-state index is 12.4. The van der Waals surface area contributed by atoms with Crippen LogP contribution in [0.2, 0.25) is 0 Å². The van der Waals surface area contributed by atoms with Crippen molar-refractivity contribution < 1.29 is 14.5 Å². The van der Waals surface area contributed by atoms with Crippen LogP contribution in [0.3, 0.4) is 0 Å². The number of benzene rings is 2. The normalized spacial score (nSPS) is 11.6. The fourth-order valence-corrected chi connectivity index (χ4v) is 2.56. The maximum Gasteiger partial charge on any atom is 0.269 e. The number of nitrogens with one attached hydrogen (secondary N) is 1. The number of hydrogen-bond donors (Lipinski definition) is 2. The summed E-state index contributed by atoms with van der Waals surface area (Å²) in [6.07, 6.45) is 0.157. The highest BCUT2D eigenvalue weighted by Crippen LogP contribution is 2.14. The predicted octanol–water partition coefficient (Wildman–Crippen LogP) is 2.04. The number of primary amides is 1. The van der Waals surface area contributed by atoms with Gasteiger partial charge in [-0.3, -0.25) is 19.7 Å². The first-order chi connectivity index (χ1) is 11.8. The number of nitro benzene ring substituents is 1. The first kappa shape index (κ1) is 18.1. The van der Waals surface area contributed by atoms with E-state index in [0.717, 1.165) is 11.1 Å². The van der Waals surface area contributed by atoms with Gasteiger partial charge in [0.1, 0.15) is 6.04 Å². The number of hydrogen-bond acceptors (Lipinski definition) is 4. The van der Waals surface area contributed by atoms with Crippen molar-refractivity contribution in [1.82, 2.24) is 5.32 Å². The van der Waals surface area contributed by atoms with Crippen LogP contribution in [-0.2, 0) is 11.2 Å². The Morgan fingerprint density at radius 2 is 1.68 bits per heavy atom. The lowest BCUT2D eigenvalue weighted by molar-refractivity contribution is -0.384. The molecule has 0 fully saturated rings. The third kappa shape index (κ3) is 4.87. The lowest BCUT2D eigenvalue weighted by atomic mass is 10.0. The van der Waals surface area contributed by atoms with Gasteiger partial charge in [0.2, 0.25) is 5.91 Å². The van der Waals surface area contributed by atoms with Crippen LogP contribution in [-0.4, -0.2) is 22.8 Å². The van der Waals surface area contributed by atoms with Crippen molar-refractivity contribution in [2.24, 2.45) is 5.73 Å². The molecule has 3 N–H and O–H groups in total. The van der Waals surface area contributed by atoms with Crippen molar-refractivity contribution in [3.05, 3.63) is 74.8 Å². The number of carbonyl (C=O) groups excluding carboxylic acids is 2. The van der Waals surface area contributed by atoms with Gasteiger partial charge < -0.3 is 11.1 Å². The van der Waals surface area contributed by atoms with Gasteiger partial charge >= 0.3 is 0 Å². The molecule has 0 aliphatic carbocycles. The Labute approximate surface area is 145 Å². The van der Waals surface area contributed by atoms with Gasteiger partial charge in [0.05, 0.1) is 4.92 Å². The van der Waals surface area contributed by atoms with Gasteiger partial charge in [-0.15, -0.1) is 0 Å². The summed E-state index contributed by atoms with van der Waals surface area (Å²) in [5.74, 6) is -1.06. The summed E-state index contributed by atoms with van der Waals surface area (Å²) in [5, 5.41) is 13.3. The largest absolute Gasteiger partial charge is 0.368 e. The Morgan fingerprint density at radius 3 is 2.16 bits per heavy atom. The standard InChI is InChI=1S/C18H19N3O4/c1-11-7-12(2)9-14(8-11)18(23)20-16(17(19)22)10-13-3-5-15(6-4-13)21(24)25/h3-9,16H,10H2,1-2H3,(H2,19,22)(H,20,23)/t16-/m0/s1. The minimum atomic E-state index is -0.908.